The number of pyridine rings is 1. The molecule has 2 rings (SSSR count). The molecule has 0 radical (unpaired) electrons. The third-order valence-electron chi connectivity index (χ3n) is 2.96. The zero-order chi connectivity index (χ0) is 11.0. The van der Waals surface area contributed by atoms with Crippen LogP contribution < -0.4 is 5.56 Å². The second-order valence-electron chi connectivity index (χ2n) is 4.15. The Kier molecular flexibility index (Phi) is 2.34. The van der Waals surface area contributed by atoms with Crippen LogP contribution in [0.4, 0.5) is 0 Å². The number of nitrogens with one attached hydrogen (secondary N) is 1. The summed E-state index contributed by atoms with van der Waals surface area (Å²) in [4.78, 5) is 24.8. The van der Waals surface area contributed by atoms with Crippen LogP contribution in [0.2, 0.25) is 0 Å². The molecule has 80 valence electrons. The van der Waals surface area contributed by atoms with Crippen molar-refractivity contribution in [3.63, 3.8) is 0 Å². The molecular weight excluding hydrogens is 194 g/mol. The quantitative estimate of drug-likeness (QED) is 0.726. The molecule has 0 saturated carbocycles. The van der Waals surface area contributed by atoms with Gasteiger partial charge in [-0.05, 0) is 36.3 Å². The molecule has 1 atom stereocenters. The second kappa shape index (κ2) is 3.53. The van der Waals surface area contributed by atoms with Crippen molar-refractivity contribution in [2.24, 2.45) is 5.92 Å². The largest absolute Gasteiger partial charge is 0.477 e. The summed E-state index contributed by atoms with van der Waals surface area (Å²) in [5, 5.41) is 8.97. The van der Waals surface area contributed by atoms with Crippen LogP contribution in [0.15, 0.2) is 11.0 Å². The number of hydrogen-bond donors (Lipinski definition) is 2. The lowest BCUT2D eigenvalue weighted by atomic mass is 9.84. The fourth-order valence-electron chi connectivity index (χ4n) is 2.17. The summed E-state index contributed by atoms with van der Waals surface area (Å²) in [5.41, 5.74) is 1.14. The van der Waals surface area contributed by atoms with Gasteiger partial charge < -0.3 is 10.1 Å². The first kappa shape index (κ1) is 9.96. The summed E-state index contributed by atoms with van der Waals surface area (Å²) in [7, 11) is 0. The minimum absolute atomic E-state index is 0.0700. The van der Waals surface area contributed by atoms with E-state index in [1.165, 1.54) is 0 Å². The Hall–Kier alpha value is -1.58. The first-order chi connectivity index (χ1) is 7.09. The molecule has 1 unspecified atom stereocenters. The summed E-state index contributed by atoms with van der Waals surface area (Å²) in [6, 6.07) is 0. The fraction of sp³-hybridized carbons (Fsp3) is 0.455. The van der Waals surface area contributed by atoms with Crippen molar-refractivity contribution in [2.45, 2.75) is 26.2 Å². The van der Waals surface area contributed by atoms with E-state index in [4.69, 9.17) is 5.11 Å². The van der Waals surface area contributed by atoms with Crippen LogP contribution in [0.5, 0.6) is 0 Å². The zero-order valence-electron chi connectivity index (χ0n) is 8.54. The highest BCUT2D eigenvalue weighted by atomic mass is 16.4. The Morgan fingerprint density at radius 3 is 3.00 bits per heavy atom. The number of rotatable bonds is 1. The van der Waals surface area contributed by atoms with E-state index in [-0.39, 0.29) is 5.56 Å². The lowest BCUT2D eigenvalue weighted by Gasteiger charge is -2.21. The number of hydrogen-bond acceptors (Lipinski definition) is 2. The average Bonchev–Trinajstić information content (AvgIpc) is 2.17. The molecule has 0 aliphatic heterocycles. The van der Waals surface area contributed by atoms with Gasteiger partial charge in [0.2, 0.25) is 0 Å². The van der Waals surface area contributed by atoms with E-state index in [1.807, 2.05) is 0 Å². The molecule has 1 aromatic heterocycles. The number of aromatic amines is 1. The minimum Gasteiger partial charge on any atom is -0.477 e. The van der Waals surface area contributed by atoms with Crippen LogP contribution in [0.3, 0.4) is 0 Å². The van der Waals surface area contributed by atoms with E-state index < -0.39 is 11.5 Å². The number of aromatic carboxylic acids is 1. The van der Waals surface area contributed by atoms with Crippen LogP contribution in [-0.4, -0.2) is 16.1 Å². The lowest BCUT2D eigenvalue weighted by Crippen LogP contribution is -2.25. The van der Waals surface area contributed by atoms with Gasteiger partial charge in [0.15, 0.2) is 0 Å². The summed E-state index contributed by atoms with van der Waals surface area (Å²) < 4.78 is 0. The number of carboxylic acids is 1. The summed E-state index contributed by atoms with van der Waals surface area (Å²) in [6.07, 6.45) is 4.16. The molecule has 0 bridgehead atoms. The summed E-state index contributed by atoms with van der Waals surface area (Å²) in [6.45, 7) is 2.13. The van der Waals surface area contributed by atoms with E-state index in [2.05, 4.69) is 11.9 Å². The summed E-state index contributed by atoms with van der Waals surface area (Å²) >= 11 is 0. The molecule has 1 heterocycles. The van der Waals surface area contributed by atoms with E-state index >= 15 is 0 Å². The Balaban J connectivity index is 2.60. The monoisotopic (exact) mass is 207 g/mol. The van der Waals surface area contributed by atoms with Crippen LogP contribution in [0, 0.1) is 5.92 Å². The molecule has 0 amide bonds. The van der Waals surface area contributed by atoms with Crippen LogP contribution >= 0.6 is 0 Å². The van der Waals surface area contributed by atoms with E-state index in [0.29, 0.717) is 12.3 Å². The highest BCUT2D eigenvalue weighted by Gasteiger charge is 2.23. The van der Waals surface area contributed by atoms with Gasteiger partial charge >= 0.3 is 5.97 Å². The third-order valence-corrected chi connectivity index (χ3v) is 2.96. The smallest absolute Gasteiger partial charge is 0.341 e. The van der Waals surface area contributed by atoms with E-state index in [1.54, 1.807) is 6.20 Å². The molecule has 4 heteroatoms. The average molecular weight is 207 g/mol. The topological polar surface area (TPSA) is 70.2 Å². The highest BCUT2D eigenvalue weighted by molar-refractivity contribution is 5.89. The number of aromatic nitrogens is 1. The Morgan fingerprint density at radius 1 is 1.60 bits per heavy atom. The molecule has 0 saturated heterocycles. The molecule has 0 aromatic carbocycles. The fourth-order valence-corrected chi connectivity index (χ4v) is 2.17. The SMILES string of the molecule is CC1CCc2c(c[nH]c(=O)c2C(=O)O)C1. The molecule has 1 aromatic rings. The maximum absolute atomic E-state index is 11.4. The molecule has 15 heavy (non-hydrogen) atoms. The number of carbonyl (C=O) groups is 1. The van der Waals surface area contributed by atoms with Crippen LogP contribution in [0.25, 0.3) is 0 Å². The minimum atomic E-state index is -1.12. The van der Waals surface area contributed by atoms with Gasteiger partial charge in [-0.15, -0.1) is 0 Å². The van der Waals surface area contributed by atoms with Crippen molar-refractivity contribution in [3.8, 4) is 0 Å². The maximum Gasteiger partial charge on any atom is 0.341 e. The highest BCUT2D eigenvalue weighted by Crippen LogP contribution is 2.25. The van der Waals surface area contributed by atoms with Gasteiger partial charge in [-0.1, -0.05) is 6.92 Å². The van der Waals surface area contributed by atoms with Crippen molar-refractivity contribution in [1.29, 1.82) is 0 Å². The second-order valence-corrected chi connectivity index (χ2v) is 4.15. The number of H-pyrrole nitrogens is 1. The third kappa shape index (κ3) is 1.67. The van der Waals surface area contributed by atoms with Crippen molar-refractivity contribution >= 4 is 5.97 Å². The first-order valence-corrected chi connectivity index (χ1v) is 5.06. The number of fused-ring (bicyclic) bond motifs is 1. The normalized spacial score (nSPS) is 19.7. The van der Waals surface area contributed by atoms with Gasteiger partial charge in [0.25, 0.3) is 5.56 Å². The van der Waals surface area contributed by atoms with Gasteiger partial charge in [-0.25, -0.2) is 4.79 Å². The predicted octanol–water partition coefficient (Wildman–Crippen LogP) is 1.20. The molecule has 2 N–H and O–H groups in total. The van der Waals surface area contributed by atoms with Crippen molar-refractivity contribution in [3.05, 3.63) is 33.2 Å². The molecule has 0 spiro atoms. The molecule has 1 aliphatic rings. The van der Waals surface area contributed by atoms with E-state index in [9.17, 15) is 9.59 Å². The van der Waals surface area contributed by atoms with Gasteiger partial charge in [0, 0.05) is 6.20 Å². The summed E-state index contributed by atoms with van der Waals surface area (Å²) in [5.74, 6) is -0.562. The van der Waals surface area contributed by atoms with E-state index in [0.717, 1.165) is 24.0 Å². The number of carboxylic acid groups (broad SMARTS) is 1. The Labute approximate surface area is 87.0 Å². The lowest BCUT2D eigenvalue weighted by molar-refractivity contribution is 0.0693. The standard InChI is InChI=1S/C11H13NO3/c1-6-2-3-8-7(4-6)5-12-10(13)9(8)11(14)15/h5-6H,2-4H2,1H3,(H,12,13)(H,14,15). The van der Waals surface area contributed by atoms with Crippen molar-refractivity contribution in [2.75, 3.05) is 0 Å². The van der Waals surface area contributed by atoms with Gasteiger partial charge in [0.05, 0.1) is 0 Å². The maximum atomic E-state index is 11.4. The molecule has 4 nitrogen and oxygen atoms in total. The zero-order valence-corrected chi connectivity index (χ0v) is 8.54. The first-order valence-electron chi connectivity index (χ1n) is 5.06. The van der Waals surface area contributed by atoms with Crippen LogP contribution in [0.1, 0.15) is 34.8 Å². The van der Waals surface area contributed by atoms with Gasteiger partial charge in [-0.2, -0.15) is 0 Å². The Morgan fingerprint density at radius 2 is 2.33 bits per heavy atom. The van der Waals surface area contributed by atoms with Gasteiger partial charge in [0.1, 0.15) is 5.56 Å². The molecule has 1 aliphatic carbocycles. The van der Waals surface area contributed by atoms with Crippen LogP contribution in [-0.2, 0) is 12.8 Å². The van der Waals surface area contributed by atoms with Crippen molar-refractivity contribution < 1.29 is 9.90 Å². The van der Waals surface area contributed by atoms with Crippen molar-refractivity contribution in [1.82, 2.24) is 4.98 Å². The molecular formula is C11H13NO3. The molecule has 0 fully saturated rings. The van der Waals surface area contributed by atoms with Gasteiger partial charge in [-0.3, -0.25) is 4.79 Å². The Bertz CT molecular complexity index is 461. The predicted molar refractivity (Wildman–Crippen MR) is 55.2 cm³/mol.